The lowest BCUT2D eigenvalue weighted by Crippen LogP contribution is -2.40. The van der Waals surface area contributed by atoms with Crippen molar-refractivity contribution in [3.05, 3.63) is 16.1 Å². The Morgan fingerprint density at radius 2 is 2.41 bits per heavy atom. The summed E-state index contributed by atoms with van der Waals surface area (Å²) in [6.45, 7) is 8.81. The number of ether oxygens (including phenoxy) is 1. The van der Waals surface area contributed by atoms with Crippen molar-refractivity contribution in [1.29, 1.82) is 0 Å². The van der Waals surface area contributed by atoms with Gasteiger partial charge in [0, 0.05) is 36.1 Å². The molecule has 0 aliphatic carbocycles. The van der Waals surface area contributed by atoms with E-state index in [1.54, 1.807) is 11.3 Å². The van der Waals surface area contributed by atoms with Gasteiger partial charge in [0.15, 0.2) is 0 Å². The van der Waals surface area contributed by atoms with E-state index in [-0.39, 0.29) is 0 Å². The lowest BCUT2D eigenvalue weighted by atomic mass is 10.0. The van der Waals surface area contributed by atoms with Gasteiger partial charge in [-0.3, -0.25) is 0 Å². The van der Waals surface area contributed by atoms with Crippen LogP contribution >= 0.6 is 11.3 Å². The predicted octanol–water partition coefficient (Wildman–Crippen LogP) is 1.17. The monoisotopic (exact) mass is 255 g/mol. The van der Waals surface area contributed by atoms with Gasteiger partial charge in [-0.25, -0.2) is 4.98 Å². The molecule has 96 valence electrons. The molecule has 2 N–H and O–H groups in total. The van der Waals surface area contributed by atoms with Crippen LogP contribution in [0.2, 0.25) is 0 Å². The van der Waals surface area contributed by atoms with E-state index in [2.05, 4.69) is 29.5 Å². The Morgan fingerprint density at radius 3 is 3.12 bits per heavy atom. The van der Waals surface area contributed by atoms with E-state index in [4.69, 9.17) is 4.74 Å². The average Bonchev–Trinajstić information content (AvgIpc) is 2.90. The van der Waals surface area contributed by atoms with Crippen LogP contribution in [0.4, 0.5) is 0 Å². The third-order valence-corrected chi connectivity index (χ3v) is 3.93. The fraction of sp³-hybridized carbons (Fsp3) is 0.750. The Balaban J connectivity index is 1.70. The summed E-state index contributed by atoms with van der Waals surface area (Å²) in [7, 11) is 0. The van der Waals surface area contributed by atoms with Crippen molar-refractivity contribution >= 4 is 11.3 Å². The van der Waals surface area contributed by atoms with Crippen LogP contribution in [0.25, 0.3) is 0 Å². The lowest BCUT2D eigenvalue weighted by molar-refractivity contribution is 0.182. The predicted molar refractivity (Wildman–Crippen MR) is 70.3 cm³/mol. The Morgan fingerprint density at radius 1 is 1.53 bits per heavy atom. The molecule has 0 radical (unpaired) electrons. The van der Waals surface area contributed by atoms with Crippen molar-refractivity contribution in [2.75, 3.05) is 26.3 Å². The summed E-state index contributed by atoms with van der Waals surface area (Å²) in [5.41, 5.74) is 0. The van der Waals surface area contributed by atoms with E-state index in [1.165, 1.54) is 9.88 Å². The van der Waals surface area contributed by atoms with Crippen molar-refractivity contribution in [2.24, 2.45) is 5.92 Å². The van der Waals surface area contributed by atoms with Gasteiger partial charge in [0.05, 0.1) is 13.2 Å². The van der Waals surface area contributed by atoms with Crippen LogP contribution in [-0.2, 0) is 11.3 Å². The van der Waals surface area contributed by atoms with Crippen molar-refractivity contribution < 1.29 is 4.74 Å². The number of rotatable bonds is 6. The molecule has 1 aliphatic heterocycles. The molecule has 1 saturated heterocycles. The van der Waals surface area contributed by atoms with Gasteiger partial charge in [-0.1, -0.05) is 6.92 Å². The first-order chi connectivity index (χ1) is 8.29. The van der Waals surface area contributed by atoms with Gasteiger partial charge in [-0.2, -0.15) is 0 Å². The maximum absolute atomic E-state index is 5.51. The van der Waals surface area contributed by atoms with Crippen molar-refractivity contribution in [1.82, 2.24) is 15.6 Å². The molecule has 2 atom stereocenters. The summed E-state index contributed by atoms with van der Waals surface area (Å²) in [6, 6.07) is 0.505. The molecule has 1 fully saturated rings. The number of aromatic nitrogens is 1. The minimum atomic E-state index is 0.505. The maximum atomic E-state index is 5.51. The number of likely N-dealkylation sites (N-methyl/N-ethyl adjacent to an activating group) is 1. The maximum Gasteiger partial charge on any atom is 0.107 e. The lowest BCUT2D eigenvalue weighted by Gasteiger charge is -2.18. The SMILES string of the molecule is CCNC1COCC1CNCc1ncc(C)s1. The van der Waals surface area contributed by atoms with E-state index in [0.29, 0.717) is 12.0 Å². The molecule has 4 nitrogen and oxygen atoms in total. The molecule has 2 unspecified atom stereocenters. The average molecular weight is 255 g/mol. The number of thiazole rings is 1. The van der Waals surface area contributed by atoms with Gasteiger partial charge in [0.1, 0.15) is 5.01 Å². The molecule has 0 bridgehead atoms. The van der Waals surface area contributed by atoms with Crippen LogP contribution in [-0.4, -0.2) is 37.3 Å². The quantitative estimate of drug-likeness (QED) is 0.801. The summed E-state index contributed by atoms with van der Waals surface area (Å²) < 4.78 is 5.51. The highest BCUT2D eigenvalue weighted by molar-refractivity contribution is 7.11. The Kier molecular flexibility index (Phi) is 4.91. The van der Waals surface area contributed by atoms with Crippen LogP contribution in [0.5, 0.6) is 0 Å². The number of hydrogen-bond donors (Lipinski definition) is 2. The molecule has 0 aromatic carbocycles. The van der Waals surface area contributed by atoms with Gasteiger partial charge in [0.25, 0.3) is 0 Å². The first-order valence-electron chi connectivity index (χ1n) is 6.22. The van der Waals surface area contributed by atoms with Crippen LogP contribution in [0.15, 0.2) is 6.20 Å². The van der Waals surface area contributed by atoms with Crippen molar-refractivity contribution in [2.45, 2.75) is 26.4 Å². The van der Waals surface area contributed by atoms with Gasteiger partial charge >= 0.3 is 0 Å². The molecule has 5 heteroatoms. The van der Waals surface area contributed by atoms with Gasteiger partial charge in [0.2, 0.25) is 0 Å². The van der Waals surface area contributed by atoms with Crippen molar-refractivity contribution in [3.8, 4) is 0 Å². The fourth-order valence-corrected chi connectivity index (χ4v) is 2.89. The van der Waals surface area contributed by atoms with E-state index < -0.39 is 0 Å². The molecule has 0 amide bonds. The topological polar surface area (TPSA) is 46.2 Å². The zero-order valence-electron chi connectivity index (χ0n) is 10.5. The third-order valence-electron chi connectivity index (χ3n) is 3.02. The van der Waals surface area contributed by atoms with Gasteiger partial charge < -0.3 is 15.4 Å². The first-order valence-corrected chi connectivity index (χ1v) is 7.04. The number of aryl methyl sites for hydroxylation is 1. The van der Waals surface area contributed by atoms with E-state index >= 15 is 0 Å². The largest absolute Gasteiger partial charge is 0.379 e. The fourth-order valence-electron chi connectivity index (χ4n) is 2.14. The Hall–Kier alpha value is -0.490. The third kappa shape index (κ3) is 3.74. The molecular formula is C12H21N3OS. The highest BCUT2D eigenvalue weighted by Gasteiger charge is 2.26. The number of hydrogen-bond acceptors (Lipinski definition) is 5. The second-order valence-corrected chi connectivity index (χ2v) is 5.78. The zero-order valence-corrected chi connectivity index (χ0v) is 11.3. The van der Waals surface area contributed by atoms with E-state index in [0.717, 1.165) is 32.8 Å². The van der Waals surface area contributed by atoms with Crippen LogP contribution in [0.3, 0.4) is 0 Å². The first kappa shape index (κ1) is 13.0. The number of nitrogens with zero attached hydrogens (tertiary/aromatic N) is 1. The molecule has 1 aromatic heterocycles. The standard InChI is InChI=1S/C12H21N3OS/c1-3-14-11-8-16-7-10(11)5-13-6-12-15-4-9(2)17-12/h4,10-11,13-14H,3,5-8H2,1-2H3. The molecule has 2 heterocycles. The Labute approximate surface area is 107 Å². The zero-order chi connectivity index (χ0) is 12.1. The van der Waals surface area contributed by atoms with Crippen LogP contribution in [0.1, 0.15) is 16.8 Å². The second-order valence-electron chi connectivity index (χ2n) is 4.46. The van der Waals surface area contributed by atoms with Gasteiger partial charge in [-0.15, -0.1) is 11.3 Å². The highest BCUT2D eigenvalue weighted by atomic mass is 32.1. The number of nitrogens with one attached hydrogen (secondary N) is 2. The highest BCUT2D eigenvalue weighted by Crippen LogP contribution is 2.14. The van der Waals surface area contributed by atoms with Crippen molar-refractivity contribution in [3.63, 3.8) is 0 Å². The molecular weight excluding hydrogens is 234 g/mol. The summed E-state index contributed by atoms with van der Waals surface area (Å²) in [4.78, 5) is 5.62. The molecule has 0 saturated carbocycles. The van der Waals surface area contributed by atoms with Gasteiger partial charge in [-0.05, 0) is 13.5 Å². The van der Waals surface area contributed by atoms with Crippen LogP contribution in [0, 0.1) is 12.8 Å². The van der Waals surface area contributed by atoms with E-state index in [1.807, 2.05) is 6.20 Å². The Bertz CT molecular complexity index is 342. The normalized spacial score (nSPS) is 24.4. The summed E-state index contributed by atoms with van der Waals surface area (Å²) in [6.07, 6.45) is 1.93. The second kappa shape index (κ2) is 6.44. The smallest absolute Gasteiger partial charge is 0.107 e. The van der Waals surface area contributed by atoms with Crippen LogP contribution < -0.4 is 10.6 Å². The summed E-state index contributed by atoms with van der Waals surface area (Å²) in [5.74, 6) is 0.580. The minimum absolute atomic E-state index is 0.505. The molecule has 17 heavy (non-hydrogen) atoms. The summed E-state index contributed by atoms with van der Waals surface area (Å²) in [5, 5.41) is 8.11. The molecule has 2 rings (SSSR count). The molecule has 1 aliphatic rings. The summed E-state index contributed by atoms with van der Waals surface area (Å²) >= 11 is 1.76. The van der Waals surface area contributed by atoms with E-state index in [9.17, 15) is 0 Å². The molecule has 1 aromatic rings. The minimum Gasteiger partial charge on any atom is -0.379 e. The molecule has 0 spiro atoms.